The van der Waals surface area contributed by atoms with Crippen molar-refractivity contribution >= 4 is 0 Å². The Morgan fingerprint density at radius 2 is 2.07 bits per heavy atom. The number of ether oxygens (including phenoxy) is 1. The Morgan fingerprint density at radius 3 is 2.57 bits per heavy atom. The minimum Gasteiger partial charge on any atom is -0.491 e. The largest absolute Gasteiger partial charge is 0.491 e. The molecule has 0 aromatic heterocycles. The van der Waals surface area contributed by atoms with Gasteiger partial charge in [-0.1, -0.05) is 12.1 Å². The van der Waals surface area contributed by atoms with E-state index < -0.39 is 0 Å². The smallest absolute Gasteiger partial charge is 0.122 e. The topological polar surface area (TPSA) is 44.5 Å². The fourth-order valence-corrected chi connectivity index (χ4v) is 1.28. The van der Waals surface area contributed by atoms with Crippen molar-refractivity contribution in [2.45, 2.75) is 33.5 Å². The van der Waals surface area contributed by atoms with Gasteiger partial charge in [0.15, 0.2) is 0 Å². The monoisotopic (exact) mass is 195 g/mol. The van der Waals surface area contributed by atoms with Crippen LogP contribution in [0.4, 0.5) is 0 Å². The fourth-order valence-electron chi connectivity index (χ4n) is 1.28. The van der Waals surface area contributed by atoms with Gasteiger partial charge >= 0.3 is 0 Å². The van der Waals surface area contributed by atoms with Crippen LogP contribution in [0.5, 0.6) is 5.75 Å². The second-order valence-electron chi connectivity index (χ2n) is 3.58. The summed E-state index contributed by atoms with van der Waals surface area (Å²) in [7, 11) is 0. The second kappa shape index (κ2) is 4.98. The van der Waals surface area contributed by atoms with E-state index >= 15 is 0 Å². The van der Waals surface area contributed by atoms with Gasteiger partial charge in [0.05, 0.1) is 12.7 Å². The molecule has 0 heterocycles. The Hall–Kier alpha value is -1.06. The second-order valence-corrected chi connectivity index (χ2v) is 3.58. The standard InChI is InChI=1S/C11H17NO2/c1-8(2)14-11-5-4-10(7-13-12)6-9(11)3/h4-6,8H,7,12H2,1-3H3. The summed E-state index contributed by atoms with van der Waals surface area (Å²) in [6.07, 6.45) is 0.199. The third-order valence-corrected chi connectivity index (χ3v) is 1.85. The highest BCUT2D eigenvalue weighted by molar-refractivity contribution is 5.36. The van der Waals surface area contributed by atoms with Crippen LogP contribution in [0.1, 0.15) is 25.0 Å². The maximum atomic E-state index is 5.61. The average Bonchev–Trinajstić information content (AvgIpc) is 2.10. The van der Waals surface area contributed by atoms with E-state index in [4.69, 9.17) is 10.6 Å². The van der Waals surface area contributed by atoms with Crippen LogP contribution in [-0.2, 0) is 11.4 Å². The van der Waals surface area contributed by atoms with Crippen molar-refractivity contribution in [3.63, 3.8) is 0 Å². The first kappa shape index (κ1) is 11.0. The summed E-state index contributed by atoms with van der Waals surface area (Å²) in [5, 5.41) is 0. The molecule has 0 aliphatic carbocycles. The molecular weight excluding hydrogens is 178 g/mol. The summed E-state index contributed by atoms with van der Waals surface area (Å²) in [4.78, 5) is 4.56. The third-order valence-electron chi connectivity index (χ3n) is 1.85. The number of hydrogen-bond acceptors (Lipinski definition) is 3. The molecule has 1 rings (SSSR count). The Balaban J connectivity index is 2.79. The summed E-state index contributed by atoms with van der Waals surface area (Å²) in [6.45, 7) is 6.47. The van der Waals surface area contributed by atoms with Crippen LogP contribution < -0.4 is 10.6 Å². The van der Waals surface area contributed by atoms with E-state index in [0.29, 0.717) is 6.61 Å². The summed E-state index contributed by atoms with van der Waals surface area (Å²) < 4.78 is 5.61. The van der Waals surface area contributed by atoms with Gasteiger partial charge in [0.2, 0.25) is 0 Å². The molecule has 0 bridgehead atoms. The summed E-state index contributed by atoms with van der Waals surface area (Å²) in [5.74, 6) is 5.92. The minimum atomic E-state index is 0.199. The predicted molar refractivity (Wildman–Crippen MR) is 55.9 cm³/mol. The first-order valence-electron chi connectivity index (χ1n) is 4.71. The van der Waals surface area contributed by atoms with Crippen molar-refractivity contribution < 1.29 is 9.57 Å². The molecule has 0 saturated heterocycles. The highest BCUT2D eigenvalue weighted by atomic mass is 16.6. The van der Waals surface area contributed by atoms with E-state index in [0.717, 1.165) is 16.9 Å². The van der Waals surface area contributed by atoms with Gasteiger partial charge in [-0.2, -0.15) is 0 Å². The molecule has 1 aromatic carbocycles. The predicted octanol–water partition coefficient (Wildman–Crippen LogP) is 2.17. The van der Waals surface area contributed by atoms with Gasteiger partial charge in [-0.25, -0.2) is 5.90 Å². The molecule has 0 spiro atoms. The van der Waals surface area contributed by atoms with E-state index in [1.165, 1.54) is 0 Å². The highest BCUT2D eigenvalue weighted by Crippen LogP contribution is 2.20. The van der Waals surface area contributed by atoms with Crippen LogP contribution in [-0.4, -0.2) is 6.10 Å². The van der Waals surface area contributed by atoms with Crippen LogP contribution in [0.15, 0.2) is 18.2 Å². The summed E-state index contributed by atoms with van der Waals surface area (Å²) in [6, 6.07) is 5.92. The van der Waals surface area contributed by atoms with Gasteiger partial charge in [-0.15, -0.1) is 0 Å². The minimum absolute atomic E-state index is 0.199. The van der Waals surface area contributed by atoms with Gasteiger partial charge < -0.3 is 4.74 Å². The molecule has 0 fully saturated rings. The van der Waals surface area contributed by atoms with E-state index in [2.05, 4.69) is 4.84 Å². The van der Waals surface area contributed by atoms with Crippen molar-refractivity contribution in [2.75, 3.05) is 0 Å². The summed E-state index contributed by atoms with van der Waals surface area (Å²) >= 11 is 0. The van der Waals surface area contributed by atoms with Crippen LogP contribution in [0.25, 0.3) is 0 Å². The Kier molecular flexibility index (Phi) is 3.92. The molecule has 1 aromatic rings. The zero-order valence-corrected chi connectivity index (χ0v) is 8.91. The zero-order valence-electron chi connectivity index (χ0n) is 8.91. The van der Waals surface area contributed by atoms with Crippen molar-refractivity contribution in [1.29, 1.82) is 0 Å². The van der Waals surface area contributed by atoms with E-state index in [9.17, 15) is 0 Å². The number of nitrogens with two attached hydrogens (primary N) is 1. The van der Waals surface area contributed by atoms with Gasteiger partial charge in [0.1, 0.15) is 5.75 Å². The molecule has 3 heteroatoms. The molecular formula is C11H17NO2. The van der Waals surface area contributed by atoms with Gasteiger partial charge in [-0.05, 0) is 38.0 Å². The van der Waals surface area contributed by atoms with Gasteiger partial charge in [0, 0.05) is 0 Å². The lowest BCUT2D eigenvalue weighted by Gasteiger charge is -2.13. The zero-order chi connectivity index (χ0) is 10.6. The van der Waals surface area contributed by atoms with Gasteiger partial charge in [-0.3, -0.25) is 4.84 Å². The molecule has 3 nitrogen and oxygen atoms in total. The molecule has 2 N–H and O–H groups in total. The SMILES string of the molecule is Cc1cc(CON)ccc1OC(C)C. The fraction of sp³-hybridized carbons (Fsp3) is 0.455. The van der Waals surface area contributed by atoms with Crippen molar-refractivity contribution in [3.05, 3.63) is 29.3 Å². The first-order chi connectivity index (χ1) is 6.63. The lowest BCUT2D eigenvalue weighted by molar-refractivity contribution is 0.124. The summed E-state index contributed by atoms with van der Waals surface area (Å²) in [5.41, 5.74) is 2.16. The van der Waals surface area contributed by atoms with Crippen LogP contribution in [0, 0.1) is 6.92 Å². The maximum Gasteiger partial charge on any atom is 0.122 e. The number of hydrogen-bond donors (Lipinski definition) is 1. The van der Waals surface area contributed by atoms with Crippen molar-refractivity contribution in [1.82, 2.24) is 0 Å². The lowest BCUT2D eigenvalue weighted by Crippen LogP contribution is -2.07. The highest BCUT2D eigenvalue weighted by Gasteiger charge is 2.02. The van der Waals surface area contributed by atoms with Crippen LogP contribution in [0.3, 0.4) is 0 Å². The molecule has 0 aliphatic heterocycles. The molecule has 0 aliphatic rings. The van der Waals surface area contributed by atoms with Crippen LogP contribution in [0.2, 0.25) is 0 Å². The molecule has 14 heavy (non-hydrogen) atoms. The van der Waals surface area contributed by atoms with Crippen molar-refractivity contribution in [3.8, 4) is 5.75 Å². The van der Waals surface area contributed by atoms with E-state index in [-0.39, 0.29) is 6.10 Å². The Labute approximate surface area is 84.8 Å². The number of benzene rings is 1. The Morgan fingerprint density at radius 1 is 1.36 bits per heavy atom. The van der Waals surface area contributed by atoms with E-state index in [1.54, 1.807) is 0 Å². The first-order valence-corrected chi connectivity index (χ1v) is 4.71. The molecule has 78 valence electrons. The molecule has 0 unspecified atom stereocenters. The lowest BCUT2D eigenvalue weighted by atomic mass is 10.1. The van der Waals surface area contributed by atoms with Gasteiger partial charge in [0.25, 0.3) is 0 Å². The average molecular weight is 195 g/mol. The van der Waals surface area contributed by atoms with E-state index in [1.807, 2.05) is 39.0 Å². The normalized spacial score (nSPS) is 10.6. The van der Waals surface area contributed by atoms with Crippen molar-refractivity contribution in [2.24, 2.45) is 5.90 Å². The third kappa shape index (κ3) is 3.01. The number of rotatable bonds is 4. The molecule has 0 amide bonds. The van der Waals surface area contributed by atoms with Crippen LogP contribution >= 0.6 is 0 Å². The quantitative estimate of drug-likeness (QED) is 0.749. The number of aryl methyl sites for hydroxylation is 1. The maximum absolute atomic E-state index is 5.61. The molecule has 0 atom stereocenters. The molecule has 0 saturated carbocycles. The Bertz CT molecular complexity index is 297. The molecule has 0 radical (unpaired) electrons.